The Bertz CT molecular complexity index is 1950. The Hall–Kier alpha value is -5.02. The van der Waals surface area contributed by atoms with Crippen LogP contribution in [0.2, 0.25) is 5.02 Å². The fourth-order valence-corrected chi connectivity index (χ4v) is 5.10. The average molecular weight is 611 g/mol. The van der Waals surface area contributed by atoms with Crippen LogP contribution < -0.4 is 15.0 Å². The van der Waals surface area contributed by atoms with Gasteiger partial charge in [-0.1, -0.05) is 61.8 Å². The smallest absolute Gasteiger partial charge is 0.311 e. The van der Waals surface area contributed by atoms with E-state index >= 15 is 0 Å². The van der Waals surface area contributed by atoms with Crippen LogP contribution in [-0.4, -0.2) is 27.4 Å². The lowest BCUT2D eigenvalue weighted by atomic mass is 9.96. The molecule has 0 spiro atoms. The Morgan fingerprint density at radius 2 is 1.80 bits per heavy atom. The molecular formula is C34H31ClN4O5. The number of ether oxygens (including phenoxy) is 2. The van der Waals surface area contributed by atoms with Gasteiger partial charge in [-0.3, -0.25) is 14.9 Å². The number of halogens is 1. The molecule has 0 saturated heterocycles. The van der Waals surface area contributed by atoms with Gasteiger partial charge in [-0.25, -0.2) is 4.98 Å². The fraction of sp³-hybridized carbons (Fsp3) is 0.206. The van der Waals surface area contributed by atoms with Gasteiger partial charge in [-0.05, 0) is 67.3 Å². The van der Waals surface area contributed by atoms with Crippen molar-refractivity contribution in [3.05, 3.63) is 127 Å². The van der Waals surface area contributed by atoms with Crippen molar-refractivity contribution in [3.8, 4) is 22.9 Å². The zero-order chi connectivity index (χ0) is 31.4. The first-order valence-electron chi connectivity index (χ1n) is 14.2. The van der Waals surface area contributed by atoms with Gasteiger partial charge in [-0.15, -0.1) is 0 Å². The van der Waals surface area contributed by atoms with Gasteiger partial charge < -0.3 is 9.47 Å². The van der Waals surface area contributed by atoms with Crippen molar-refractivity contribution in [2.75, 3.05) is 6.61 Å². The summed E-state index contributed by atoms with van der Waals surface area (Å²) in [5.41, 5.74) is 3.41. The van der Waals surface area contributed by atoms with Crippen LogP contribution in [0.15, 0.2) is 88.8 Å². The van der Waals surface area contributed by atoms with Crippen LogP contribution in [0.25, 0.3) is 22.3 Å². The van der Waals surface area contributed by atoms with Crippen molar-refractivity contribution in [1.82, 2.24) is 9.66 Å². The summed E-state index contributed by atoms with van der Waals surface area (Å²) in [4.78, 5) is 30.2. The molecule has 0 aliphatic rings. The summed E-state index contributed by atoms with van der Waals surface area (Å²) in [5.74, 6) is 1.25. The minimum atomic E-state index is -0.523. The van der Waals surface area contributed by atoms with Crippen molar-refractivity contribution < 1.29 is 14.4 Å². The van der Waals surface area contributed by atoms with Crippen LogP contribution in [0.5, 0.6) is 11.5 Å². The average Bonchev–Trinajstić information content (AvgIpc) is 3.00. The predicted octanol–water partition coefficient (Wildman–Crippen LogP) is 7.92. The molecule has 1 heterocycles. The third-order valence-electron chi connectivity index (χ3n) is 7.14. The standard InChI is InChI=1S/C34H31ClN4O5/c1-5-43-31-17-22(4)27(18-26(31)21(2)3)33-37-29-15-9-7-13-25(29)34(40)38(33)36-19-23-12-10-16-30(39(41)42)32(23)44-20-24-11-6-8-14-28(24)35/h6-19,21H,5,20H2,1-4H3. The van der Waals surface area contributed by atoms with Crippen LogP contribution in [0.4, 0.5) is 5.69 Å². The van der Waals surface area contributed by atoms with Crippen molar-refractivity contribution in [2.24, 2.45) is 5.10 Å². The Morgan fingerprint density at radius 1 is 1.05 bits per heavy atom. The van der Waals surface area contributed by atoms with E-state index in [1.165, 1.54) is 23.0 Å². The zero-order valence-corrected chi connectivity index (χ0v) is 25.5. The third-order valence-corrected chi connectivity index (χ3v) is 7.51. The van der Waals surface area contributed by atoms with Gasteiger partial charge >= 0.3 is 5.69 Å². The highest BCUT2D eigenvalue weighted by Gasteiger charge is 2.21. The molecule has 0 radical (unpaired) electrons. The first-order valence-corrected chi connectivity index (χ1v) is 14.5. The molecule has 0 aliphatic carbocycles. The second kappa shape index (κ2) is 13.1. The first kappa shape index (κ1) is 30.4. The number of aryl methyl sites for hydroxylation is 1. The molecule has 9 nitrogen and oxygen atoms in total. The molecule has 44 heavy (non-hydrogen) atoms. The molecule has 1 aromatic heterocycles. The number of hydrogen-bond acceptors (Lipinski definition) is 7. The summed E-state index contributed by atoms with van der Waals surface area (Å²) in [6.07, 6.45) is 1.38. The quantitative estimate of drug-likeness (QED) is 0.0902. The largest absolute Gasteiger partial charge is 0.494 e. The van der Waals surface area contributed by atoms with Gasteiger partial charge in [0, 0.05) is 27.8 Å². The highest BCUT2D eigenvalue weighted by Crippen LogP contribution is 2.35. The molecule has 5 rings (SSSR count). The van der Waals surface area contributed by atoms with E-state index in [4.69, 9.17) is 26.1 Å². The lowest BCUT2D eigenvalue weighted by Crippen LogP contribution is -2.21. The second-order valence-corrected chi connectivity index (χ2v) is 10.8. The third kappa shape index (κ3) is 6.18. The molecule has 0 unspecified atom stereocenters. The Balaban J connectivity index is 1.68. The minimum absolute atomic E-state index is 0.00253. The molecule has 0 bridgehead atoms. The molecular weight excluding hydrogens is 580 g/mol. The van der Waals surface area contributed by atoms with Gasteiger partial charge in [0.15, 0.2) is 5.82 Å². The molecule has 10 heteroatoms. The molecule has 224 valence electrons. The fourth-order valence-electron chi connectivity index (χ4n) is 4.91. The molecule has 0 N–H and O–H groups in total. The van der Waals surface area contributed by atoms with Crippen LogP contribution in [0.1, 0.15) is 48.9 Å². The zero-order valence-electron chi connectivity index (χ0n) is 24.8. The van der Waals surface area contributed by atoms with E-state index in [0.717, 1.165) is 16.9 Å². The predicted molar refractivity (Wildman–Crippen MR) is 173 cm³/mol. The van der Waals surface area contributed by atoms with E-state index < -0.39 is 4.92 Å². The number of nitro groups is 1. The van der Waals surface area contributed by atoms with Crippen molar-refractivity contribution in [3.63, 3.8) is 0 Å². The van der Waals surface area contributed by atoms with E-state index in [0.29, 0.717) is 45.0 Å². The lowest BCUT2D eigenvalue weighted by molar-refractivity contribution is -0.385. The SMILES string of the molecule is CCOc1cc(C)c(-c2nc3ccccc3c(=O)n2N=Cc2cccc([N+](=O)[O-])c2OCc2ccccc2Cl)cc1C(C)C. The van der Waals surface area contributed by atoms with Gasteiger partial charge in [0.05, 0.1) is 28.6 Å². The molecule has 0 aliphatic heterocycles. The second-order valence-electron chi connectivity index (χ2n) is 10.4. The number of nitro benzene ring substituents is 1. The highest BCUT2D eigenvalue weighted by molar-refractivity contribution is 6.31. The highest BCUT2D eigenvalue weighted by atomic mass is 35.5. The molecule has 0 fully saturated rings. The van der Waals surface area contributed by atoms with Gasteiger partial charge in [0.25, 0.3) is 5.56 Å². The Kier molecular flexibility index (Phi) is 9.06. The van der Waals surface area contributed by atoms with Gasteiger partial charge in [0.2, 0.25) is 5.75 Å². The monoisotopic (exact) mass is 610 g/mol. The summed E-state index contributed by atoms with van der Waals surface area (Å²) < 4.78 is 13.1. The summed E-state index contributed by atoms with van der Waals surface area (Å²) in [6, 6.07) is 22.6. The molecule has 0 amide bonds. The summed E-state index contributed by atoms with van der Waals surface area (Å²) in [6.45, 7) is 8.53. The van der Waals surface area contributed by atoms with E-state index in [-0.39, 0.29) is 29.5 Å². The van der Waals surface area contributed by atoms with Crippen LogP contribution in [0, 0.1) is 17.0 Å². The minimum Gasteiger partial charge on any atom is -0.494 e. The molecule has 4 aromatic carbocycles. The van der Waals surface area contributed by atoms with Crippen molar-refractivity contribution in [1.29, 1.82) is 0 Å². The summed E-state index contributed by atoms with van der Waals surface area (Å²) >= 11 is 6.29. The lowest BCUT2D eigenvalue weighted by Gasteiger charge is -2.18. The summed E-state index contributed by atoms with van der Waals surface area (Å²) in [7, 11) is 0. The van der Waals surface area contributed by atoms with E-state index in [9.17, 15) is 14.9 Å². The van der Waals surface area contributed by atoms with E-state index in [1.54, 1.807) is 48.5 Å². The Morgan fingerprint density at radius 3 is 2.52 bits per heavy atom. The van der Waals surface area contributed by atoms with Crippen molar-refractivity contribution >= 4 is 34.4 Å². The number of para-hydroxylation sites is 2. The maximum Gasteiger partial charge on any atom is 0.311 e. The van der Waals surface area contributed by atoms with Gasteiger partial charge in [-0.2, -0.15) is 9.78 Å². The Labute approximate surface area is 259 Å². The topological polar surface area (TPSA) is 109 Å². The van der Waals surface area contributed by atoms with Crippen LogP contribution >= 0.6 is 11.6 Å². The van der Waals surface area contributed by atoms with Crippen LogP contribution in [0.3, 0.4) is 0 Å². The maximum atomic E-state index is 13.9. The number of rotatable bonds is 10. The molecule has 5 aromatic rings. The molecule has 0 saturated carbocycles. The number of benzene rings is 4. The number of hydrogen-bond donors (Lipinski definition) is 0. The summed E-state index contributed by atoms with van der Waals surface area (Å²) in [5, 5.41) is 17.4. The number of aromatic nitrogens is 2. The molecule has 0 atom stereocenters. The van der Waals surface area contributed by atoms with E-state index in [2.05, 4.69) is 18.9 Å². The van der Waals surface area contributed by atoms with Gasteiger partial charge in [0.1, 0.15) is 12.4 Å². The normalized spacial score (nSPS) is 11.4. The first-order chi connectivity index (χ1) is 21.2. The van der Waals surface area contributed by atoms with Crippen LogP contribution in [-0.2, 0) is 6.61 Å². The number of fused-ring (bicyclic) bond motifs is 1. The van der Waals surface area contributed by atoms with E-state index in [1.807, 2.05) is 32.0 Å². The maximum absolute atomic E-state index is 13.9. The van der Waals surface area contributed by atoms with Crippen molar-refractivity contribution in [2.45, 2.75) is 40.2 Å². The number of nitrogens with zero attached hydrogens (tertiary/aromatic N) is 4.